The van der Waals surface area contributed by atoms with Gasteiger partial charge >= 0.3 is 5.97 Å². The summed E-state index contributed by atoms with van der Waals surface area (Å²) in [7, 11) is 0. The highest BCUT2D eigenvalue weighted by Crippen LogP contribution is 2.19. The van der Waals surface area contributed by atoms with Crippen LogP contribution in [-0.4, -0.2) is 76.2 Å². The van der Waals surface area contributed by atoms with Crippen LogP contribution in [0.15, 0.2) is 30.5 Å². The molecule has 1 heterocycles. The Labute approximate surface area is 225 Å². The fourth-order valence-corrected chi connectivity index (χ4v) is 3.96. The van der Waals surface area contributed by atoms with Gasteiger partial charge in [0.1, 0.15) is 18.1 Å². The first-order valence-electron chi connectivity index (χ1n) is 12.1. The fourth-order valence-electron chi connectivity index (χ4n) is 3.80. The Kier molecular flexibility index (Phi) is 12.0. The molecular formula is C24H35N7O6S. The molecule has 1 aromatic heterocycles. The van der Waals surface area contributed by atoms with E-state index in [0.29, 0.717) is 24.9 Å². The van der Waals surface area contributed by atoms with Gasteiger partial charge < -0.3 is 43.2 Å². The number of carbonyl (C=O) groups excluding carboxylic acids is 4. The van der Waals surface area contributed by atoms with Crippen LogP contribution in [0.1, 0.15) is 31.2 Å². The van der Waals surface area contributed by atoms with Crippen molar-refractivity contribution >= 4 is 53.1 Å². The minimum absolute atomic E-state index is 0.0443. The van der Waals surface area contributed by atoms with Crippen molar-refractivity contribution in [3.63, 3.8) is 0 Å². The zero-order valence-corrected chi connectivity index (χ0v) is 21.7. The number of H-pyrrole nitrogens is 1. The van der Waals surface area contributed by atoms with E-state index in [1.807, 2.05) is 18.2 Å². The number of aliphatic carboxylic acids is 1. The number of unbranched alkanes of at least 4 members (excludes halogenated alkanes) is 1. The average Bonchev–Trinajstić information content (AvgIpc) is 3.29. The van der Waals surface area contributed by atoms with Gasteiger partial charge in [-0.3, -0.25) is 19.2 Å². The standard InChI is InChI=1S/C24H35N7O6S/c25-8-4-3-7-17(29-21(33)15(26)12-38)22(34)30-18(10-20(27)32)23(35)31-19(24(36)37)9-13-11-28-16-6-2-1-5-14(13)16/h1-2,5-6,11,15,17-19,28,38H,3-4,7-10,12,25-26H2,(H2,27,32)(H,29,33)(H,30,34)(H,31,35)(H,36,37). The third-order valence-corrected chi connectivity index (χ3v) is 6.26. The second kappa shape index (κ2) is 15.0. The first kappa shape index (κ1) is 30.6. The van der Waals surface area contributed by atoms with Crippen LogP contribution in [0.4, 0.5) is 0 Å². The first-order chi connectivity index (χ1) is 18.1. The number of carbonyl (C=O) groups is 5. The van der Waals surface area contributed by atoms with Crippen molar-refractivity contribution in [2.75, 3.05) is 12.3 Å². The molecule has 0 aliphatic rings. The van der Waals surface area contributed by atoms with E-state index in [2.05, 4.69) is 33.6 Å². The van der Waals surface area contributed by atoms with Crippen LogP contribution in [-0.2, 0) is 30.4 Å². The van der Waals surface area contributed by atoms with E-state index >= 15 is 0 Å². The summed E-state index contributed by atoms with van der Waals surface area (Å²) in [5, 5.41) is 17.9. The van der Waals surface area contributed by atoms with Crippen LogP contribution in [0, 0.1) is 0 Å². The number of para-hydroxylation sites is 1. The lowest BCUT2D eigenvalue weighted by atomic mass is 10.0. The van der Waals surface area contributed by atoms with Gasteiger partial charge in [-0.2, -0.15) is 12.6 Å². The quantitative estimate of drug-likeness (QED) is 0.0881. The highest BCUT2D eigenvalue weighted by atomic mass is 32.1. The van der Waals surface area contributed by atoms with Gasteiger partial charge in [-0.05, 0) is 37.4 Å². The van der Waals surface area contributed by atoms with Gasteiger partial charge in [-0.25, -0.2) is 4.79 Å². The third-order valence-electron chi connectivity index (χ3n) is 5.87. The number of aromatic nitrogens is 1. The zero-order valence-electron chi connectivity index (χ0n) is 20.8. The van der Waals surface area contributed by atoms with Gasteiger partial charge in [0, 0.05) is 29.3 Å². The second-order valence-corrected chi connectivity index (χ2v) is 9.19. The van der Waals surface area contributed by atoms with E-state index in [-0.39, 0.29) is 18.6 Å². The smallest absolute Gasteiger partial charge is 0.326 e. The van der Waals surface area contributed by atoms with Gasteiger partial charge in [0.05, 0.1) is 12.5 Å². The Morgan fingerprint density at radius 1 is 0.947 bits per heavy atom. The van der Waals surface area contributed by atoms with Crippen molar-refractivity contribution < 1.29 is 29.1 Å². The molecule has 0 saturated heterocycles. The molecule has 11 N–H and O–H groups in total. The first-order valence-corrected chi connectivity index (χ1v) is 12.7. The molecule has 4 atom stereocenters. The molecule has 0 saturated carbocycles. The van der Waals surface area contributed by atoms with Crippen molar-refractivity contribution in [3.8, 4) is 0 Å². The predicted molar refractivity (Wildman–Crippen MR) is 144 cm³/mol. The predicted octanol–water partition coefficient (Wildman–Crippen LogP) is -1.49. The maximum atomic E-state index is 13.0. The molecule has 13 nitrogen and oxygen atoms in total. The molecule has 4 unspecified atom stereocenters. The second-order valence-electron chi connectivity index (χ2n) is 8.83. The van der Waals surface area contributed by atoms with E-state index in [1.54, 1.807) is 12.3 Å². The fraction of sp³-hybridized carbons (Fsp3) is 0.458. The number of thiol groups is 1. The zero-order chi connectivity index (χ0) is 28.2. The van der Waals surface area contributed by atoms with Crippen molar-refractivity contribution in [2.45, 2.75) is 56.3 Å². The lowest BCUT2D eigenvalue weighted by Crippen LogP contribution is -2.58. The summed E-state index contributed by atoms with van der Waals surface area (Å²) in [5.41, 5.74) is 17.9. The number of carboxylic acids is 1. The minimum atomic E-state index is -1.47. The molecule has 38 heavy (non-hydrogen) atoms. The van der Waals surface area contributed by atoms with Gasteiger partial charge in [0.15, 0.2) is 0 Å². The lowest BCUT2D eigenvalue weighted by Gasteiger charge is -2.24. The molecule has 4 amide bonds. The van der Waals surface area contributed by atoms with Crippen molar-refractivity contribution in [1.82, 2.24) is 20.9 Å². The summed E-state index contributed by atoms with van der Waals surface area (Å²) in [6.07, 6.45) is 2.27. The Bertz CT molecular complexity index is 1140. The molecule has 0 bridgehead atoms. The summed E-state index contributed by atoms with van der Waals surface area (Å²) in [6, 6.07) is 2.40. The topological polar surface area (TPSA) is 236 Å². The third kappa shape index (κ3) is 9.04. The molecule has 14 heteroatoms. The minimum Gasteiger partial charge on any atom is -0.480 e. The van der Waals surface area contributed by atoms with Gasteiger partial charge in [0.25, 0.3) is 0 Å². The van der Waals surface area contributed by atoms with Crippen LogP contribution >= 0.6 is 12.6 Å². The van der Waals surface area contributed by atoms with Gasteiger partial charge in [-0.15, -0.1) is 0 Å². The Morgan fingerprint density at radius 2 is 1.58 bits per heavy atom. The number of nitrogens with two attached hydrogens (primary N) is 3. The van der Waals surface area contributed by atoms with Crippen LogP contribution in [0.3, 0.4) is 0 Å². The van der Waals surface area contributed by atoms with E-state index in [9.17, 15) is 29.1 Å². The molecule has 0 spiro atoms. The Morgan fingerprint density at radius 3 is 2.21 bits per heavy atom. The lowest BCUT2D eigenvalue weighted by molar-refractivity contribution is -0.142. The number of aromatic amines is 1. The van der Waals surface area contributed by atoms with E-state index in [4.69, 9.17) is 17.2 Å². The molecule has 0 aliphatic carbocycles. The number of hydrogen-bond acceptors (Lipinski definition) is 8. The SMILES string of the molecule is NCCCCC(NC(=O)C(N)CS)C(=O)NC(CC(N)=O)C(=O)NC(Cc1c[nH]c2ccccc12)C(=O)O. The number of amides is 4. The molecule has 2 aromatic rings. The normalized spacial score (nSPS) is 14.2. The summed E-state index contributed by atoms with van der Waals surface area (Å²) in [6.45, 7) is 0.373. The van der Waals surface area contributed by atoms with Crippen LogP contribution in [0.25, 0.3) is 10.9 Å². The largest absolute Gasteiger partial charge is 0.480 e. The van der Waals surface area contributed by atoms with Crippen molar-refractivity contribution in [2.24, 2.45) is 17.2 Å². The number of rotatable bonds is 16. The molecule has 208 valence electrons. The van der Waals surface area contributed by atoms with Crippen LogP contribution in [0.5, 0.6) is 0 Å². The highest BCUT2D eigenvalue weighted by molar-refractivity contribution is 7.80. The number of nitrogens with one attached hydrogen (secondary N) is 4. The number of primary amides is 1. The number of carboxylic acid groups (broad SMARTS) is 1. The highest BCUT2D eigenvalue weighted by Gasteiger charge is 2.31. The number of fused-ring (bicyclic) bond motifs is 1. The Hall–Kier alpha value is -3.62. The Balaban J connectivity index is 2.17. The van der Waals surface area contributed by atoms with Crippen molar-refractivity contribution in [1.29, 1.82) is 0 Å². The number of benzene rings is 1. The summed E-state index contributed by atoms with van der Waals surface area (Å²) < 4.78 is 0. The van der Waals surface area contributed by atoms with E-state index in [1.165, 1.54) is 0 Å². The monoisotopic (exact) mass is 549 g/mol. The maximum absolute atomic E-state index is 13.0. The molecule has 0 radical (unpaired) electrons. The van der Waals surface area contributed by atoms with E-state index < -0.39 is 60.2 Å². The maximum Gasteiger partial charge on any atom is 0.326 e. The van der Waals surface area contributed by atoms with Crippen LogP contribution < -0.4 is 33.2 Å². The summed E-state index contributed by atoms with van der Waals surface area (Å²) >= 11 is 3.98. The molecule has 0 fully saturated rings. The van der Waals surface area contributed by atoms with E-state index in [0.717, 1.165) is 10.9 Å². The molecule has 2 rings (SSSR count). The van der Waals surface area contributed by atoms with Crippen LogP contribution in [0.2, 0.25) is 0 Å². The number of hydrogen-bond donors (Lipinski definition) is 9. The summed E-state index contributed by atoms with van der Waals surface area (Å²) in [4.78, 5) is 65.0. The van der Waals surface area contributed by atoms with Gasteiger partial charge in [-0.1, -0.05) is 18.2 Å². The summed E-state index contributed by atoms with van der Waals surface area (Å²) in [5.74, 6) is -4.44. The molecule has 1 aromatic carbocycles. The average molecular weight is 550 g/mol. The van der Waals surface area contributed by atoms with Crippen molar-refractivity contribution in [3.05, 3.63) is 36.0 Å². The molecular weight excluding hydrogens is 514 g/mol. The molecule has 0 aliphatic heterocycles. The van der Waals surface area contributed by atoms with Gasteiger partial charge in [0.2, 0.25) is 23.6 Å².